The van der Waals surface area contributed by atoms with E-state index in [0.29, 0.717) is 24.2 Å². The van der Waals surface area contributed by atoms with Crippen molar-refractivity contribution in [1.82, 2.24) is 4.98 Å². The predicted molar refractivity (Wildman–Crippen MR) is 119 cm³/mol. The Morgan fingerprint density at radius 1 is 1.12 bits per heavy atom. The molecule has 1 unspecified atom stereocenters. The molecule has 0 amide bonds. The molecule has 34 heavy (non-hydrogen) atoms. The van der Waals surface area contributed by atoms with Gasteiger partial charge in [0.05, 0.1) is 12.0 Å². The van der Waals surface area contributed by atoms with Crippen LogP contribution in [0.25, 0.3) is 10.9 Å². The van der Waals surface area contributed by atoms with Crippen LogP contribution in [0.1, 0.15) is 71.9 Å². The second kappa shape index (κ2) is 8.49. The van der Waals surface area contributed by atoms with Gasteiger partial charge in [-0.3, -0.25) is 9.59 Å². The van der Waals surface area contributed by atoms with Crippen molar-refractivity contribution in [3.05, 3.63) is 64.3 Å². The molecule has 5 nitrogen and oxygen atoms in total. The van der Waals surface area contributed by atoms with Gasteiger partial charge in [-0.2, -0.15) is 13.2 Å². The first-order valence-corrected chi connectivity index (χ1v) is 11.4. The molecule has 2 N–H and O–H groups in total. The summed E-state index contributed by atoms with van der Waals surface area (Å²) < 4.78 is 47.1. The average Bonchev–Trinajstić information content (AvgIpc) is 3.47. The summed E-state index contributed by atoms with van der Waals surface area (Å²) in [6, 6.07) is 9.70. The summed E-state index contributed by atoms with van der Waals surface area (Å²) in [5.41, 5.74) is 2.81. The summed E-state index contributed by atoms with van der Waals surface area (Å²) in [6.45, 7) is -0.0211. The fraction of sp³-hybridized carbons (Fsp3) is 0.385. The Morgan fingerprint density at radius 3 is 2.65 bits per heavy atom. The number of hydrogen-bond donors (Lipinski definition) is 2. The fourth-order valence-corrected chi connectivity index (χ4v) is 5.37. The second-order valence-electron chi connectivity index (χ2n) is 9.24. The highest BCUT2D eigenvalue weighted by molar-refractivity contribution is 5.87. The molecule has 5 rings (SSSR count). The molecule has 1 fully saturated rings. The third-order valence-electron chi connectivity index (χ3n) is 7.00. The molecule has 0 bridgehead atoms. The van der Waals surface area contributed by atoms with E-state index < -0.39 is 17.7 Å². The standard InChI is InChI=1S/C26H24F3NO4/c27-26(28,29)22-9-14(1-6-19(22)15-2-4-17(31)10-15)13-34-18-5-8-23-21(12-18)20-7-3-16(11-24(32)33)25(20)30-23/h1,5-6,8-9,12,15-16,30H,2-4,7,10-11,13H2,(H,32,33)/t15-,16?/m0/s1. The summed E-state index contributed by atoms with van der Waals surface area (Å²) in [7, 11) is 0. The number of benzene rings is 2. The molecule has 0 spiro atoms. The van der Waals surface area contributed by atoms with Crippen molar-refractivity contribution in [3.8, 4) is 5.75 Å². The van der Waals surface area contributed by atoms with Crippen LogP contribution in [-0.2, 0) is 28.8 Å². The van der Waals surface area contributed by atoms with Gasteiger partial charge in [0.25, 0.3) is 0 Å². The smallest absolute Gasteiger partial charge is 0.416 e. The van der Waals surface area contributed by atoms with Gasteiger partial charge in [0.2, 0.25) is 0 Å². The maximum atomic E-state index is 13.8. The van der Waals surface area contributed by atoms with Crippen LogP contribution < -0.4 is 4.74 Å². The minimum atomic E-state index is -4.51. The van der Waals surface area contributed by atoms with Gasteiger partial charge in [0.1, 0.15) is 18.1 Å². The first-order chi connectivity index (χ1) is 16.2. The molecule has 2 aliphatic carbocycles. The lowest BCUT2D eigenvalue weighted by atomic mass is 9.91. The van der Waals surface area contributed by atoms with Crippen molar-refractivity contribution in [3.63, 3.8) is 0 Å². The Hall–Kier alpha value is -3.29. The van der Waals surface area contributed by atoms with E-state index in [4.69, 9.17) is 9.84 Å². The number of aliphatic carboxylic acids is 1. The molecule has 0 aliphatic heterocycles. The highest BCUT2D eigenvalue weighted by Gasteiger charge is 2.37. The molecule has 1 saturated carbocycles. The van der Waals surface area contributed by atoms with E-state index in [1.54, 1.807) is 12.1 Å². The number of ether oxygens (including phenoxy) is 1. The zero-order chi connectivity index (χ0) is 24.0. The number of fused-ring (bicyclic) bond motifs is 3. The first kappa shape index (κ1) is 22.5. The van der Waals surface area contributed by atoms with Gasteiger partial charge in [-0.1, -0.05) is 12.1 Å². The number of rotatable bonds is 6. The van der Waals surface area contributed by atoms with Crippen LogP contribution in [0, 0.1) is 0 Å². The molecular formula is C26H24F3NO4. The lowest BCUT2D eigenvalue weighted by Crippen LogP contribution is -2.12. The largest absolute Gasteiger partial charge is 0.489 e. The minimum Gasteiger partial charge on any atom is -0.489 e. The molecule has 2 aromatic carbocycles. The Labute approximate surface area is 193 Å². The van der Waals surface area contributed by atoms with Crippen LogP contribution in [0.15, 0.2) is 36.4 Å². The number of ketones is 1. The number of Topliss-reactive ketones (excluding diaryl/α,β-unsaturated/α-hetero) is 1. The number of halogens is 3. The van der Waals surface area contributed by atoms with Crippen molar-refractivity contribution >= 4 is 22.7 Å². The quantitative estimate of drug-likeness (QED) is 0.455. The summed E-state index contributed by atoms with van der Waals surface area (Å²) in [5.74, 6) is -0.716. The van der Waals surface area contributed by atoms with Crippen LogP contribution in [0.3, 0.4) is 0 Å². The first-order valence-electron chi connectivity index (χ1n) is 11.4. The SMILES string of the molecule is O=C(O)CC1CCc2c1[nH]c1ccc(OCc3ccc([C@H]4CCC(=O)C4)c(C(F)(F)F)c3)cc21. The number of aromatic nitrogens is 1. The molecule has 0 saturated heterocycles. The maximum Gasteiger partial charge on any atom is 0.416 e. The molecule has 8 heteroatoms. The van der Waals surface area contributed by atoms with Crippen LogP contribution in [0.4, 0.5) is 13.2 Å². The number of carbonyl (C=O) groups is 2. The lowest BCUT2D eigenvalue weighted by molar-refractivity contribution is -0.139. The molecule has 2 atom stereocenters. The van der Waals surface area contributed by atoms with Crippen molar-refractivity contribution < 1.29 is 32.6 Å². The van der Waals surface area contributed by atoms with Gasteiger partial charge in [0, 0.05) is 35.4 Å². The summed E-state index contributed by atoms with van der Waals surface area (Å²) >= 11 is 0. The van der Waals surface area contributed by atoms with E-state index in [1.807, 2.05) is 12.1 Å². The lowest BCUT2D eigenvalue weighted by Gasteiger charge is -2.18. The van der Waals surface area contributed by atoms with E-state index in [-0.39, 0.29) is 42.6 Å². The van der Waals surface area contributed by atoms with E-state index in [2.05, 4.69) is 4.98 Å². The normalized spacial score (nSPS) is 20.1. The highest BCUT2D eigenvalue weighted by Crippen LogP contribution is 2.42. The zero-order valence-electron chi connectivity index (χ0n) is 18.4. The molecule has 1 heterocycles. The molecule has 1 aromatic heterocycles. The average molecular weight is 471 g/mol. The van der Waals surface area contributed by atoms with Gasteiger partial charge < -0.3 is 14.8 Å². The molecular weight excluding hydrogens is 447 g/mol. The molecule has 2 aliphatic rings. The maximum absolute atomic E-state index is 13.8. The van der Waals surface area contributed by atoms with E-state index in [0.717, 1.165) is 41.1 Å². The summed E-state index contributed by atoms with van der Waals surface area (Å²) in [4.78, 5) is 26.0. The Balaban J connectivity index is 1.36. The minimum absolute atomic E-state index is 0.00597. The monoisotopic (exact) mass is 471 g/mol. The Bertz CT molecular complexity index is 1280. The van der Waals surface area contributed by atoms with Crippen LogP contribution >= 0.6 is 0 Å². The van der Waals surface area contributed by atoms with Crippen molar-refractivity contribution in [2.75, 3.05) is 0 Å². The van der Waals surface area contributed by atoms with Gasteiger partial charge in [0.15, 0.2) is 0 Å². The van der Waals surface area contributed by atoms with Crippen LogP contribution in [0.2, 0.25) is 0 Å². The third-order valence-corrected chi connectivity index (χ3v) is 7.00. The van der Waals surface area contributed by atoms with Gasteiger partial charge in [-0.25, -0.2) is 0 Å². The topological polar surface area (TPSA) is 79.4 Å². The van der Waals surface area contributed by atoms with Gasteiger partial charge in [-0.15, -0.1) is 0 Å². The Morgan fingerprint density at radius 2 is 1.94 bits per heavy atom. The van der Waals surface area contributed by atoms with Gasteiger partial charge >= 0.3 is 12.1 Å². The number of alkyl halides is 3. The number of carboxylic acid groups (broad SMARTS) is 1. The van der Waals surface area contributed by atoms with Gasteiger partial charge in [-0.05, 0) is 66.1 Å². The van der Waals surface area contributed by atoms with E-state index in [1.165, 1.54) is 6.07 Å². The number of nitrogens with one attached hydrogen (secondary N) is 1. The third kappa shape index (κ3) is 4.29. The zero-order valence-corrected chi connectivity index (χ0v) is 18.4. The summed E-state index contributed by atoms with van der Waals surface area (Å²) in [6.07, 6.45) is -1.94. The fourth-order valence-electron chi connectivity index (χ4n) is 5.37. The predicted octanol–water partition coefficient (Wildman–Crippen LogP) is 6.11. The molecule has 3 aromatic rings. The molecule has 0 radical (unpaired) electrons. The van der Waals surface area contributed by atoms with Crippen molar-refractivity contribution in [1.29, 1.82) is 0 Å². The van der Waals surface area contributed by atoms with Crippen LogP contribution in [0.5, 0.6) is 5.75 Å². The van der Waals surface area contributed by atoms with E-state index in [9.17, 15) is 22.8 Å². The second-order valence-corrected chi connectivity index (χ2v) is 9.24. The Kier molecular flexibility index (Phi) is 5.62. The number of H-pyrrole nitrogens is 1. The number of hydrogen-bond acceptors (Lipinski definition) is 3. The summed E-state index contributed by atoms with van der Waals surface area (Å²) in [5, 5.41) is 10.1. The van der Waals surface area contributed by atoms with Crippen molar-refractivity contribution in [2.45, 2.75) is 63.1 Å². The number of carbonyl (C=O) groups excluding carboxylic acids is 1. The van der Waals surface area contributed by atoms with E-state index >= 15 is 0 Å². The van der Waals surface area contributed by atoms with Crippen LogP contribution in [-0.4, -0.2) is 21.8 Å². The number of aromatic amines is 1. The molecule has 178 valence electrons. The number of aryl methyl sites for hydroxylation is 1. The number of carboxylic acids is 1. The highest BCUT2D eigenvalue weighted by atomic mass is 19.4. The van der Waals surface area contributed by atoms with Crippen molar-refractivity contribution in [2.24, 2.45) is 0 Å².